The number of rotatable bonds is 2. The maximum atomic E-state index is 11.9. The van der Waals surface area contributed by atoms with Gasteiger partial charge in [0.15, 0.2) is 0 Å². The molecule has 1 N–H and O–H groups in total. The highest BCUT2D eigenvalue weighted by molar-refractivity contribution is 5.82. The SMILES string of the molecule is C=C1CC[C@@H]([C@@H](C)CO)[C@@H]2C[C@H](C)C(=O)C[C@@H]12. The van der Waals surface area contributed by atoms with Crippen LogP contribution in [0.2, 0.25) is 0 Å². The molecule has 2 aliphatic carbocycles. The second kappa shape index (κ2) is 4.93. The molecule has 0 aromatic carbocycles. The van der Waals surface area contributed by atoms with Gasteiger partial charge in [0, 0.05) is 18.9 Å². The predicted molar refractivity (Wildman–Crippen MR) is 68.5 cm³/mol. The van der Waals surface area contributed by atoms with Gasteiger partial charge in [0.25, 0.3) is 0 Å². The molecule has 0 saturated heterocycles. The highest BCUT2D eigenvalue weighted by Crippen LogP contribution is 2.48. The Kier molecular flexibility index (Phi) is 3.72. The number of hydrogen-bond donors (Lipinski definition) is 1. The number of hydrogen-bond acceptors (Lipinski definition) is 2. The summed E-state index contributed by atoms with van der Waals surface area (Å²) in [5, 5.41) is 9.37. The summed E-state index contributed by atoms with van der Waals surface area (Å²) in [5.41, 5.74) is 1.27. The lowest BCUT2D eigenvalue weighted by Gasteiger charge is -2.45. The first-order chi connectivity index (χ1) is 8.04. The maximum Gasteiger partial charge on any atom is 0.136 e. The fourth-order valence-corrected chi connectivity index (χ4v) is 3.79. The van der Waals surface area contributed by atoms with Crippen LogP contribution < -0.4 is 0 Å². The van der Waals surface area contributed by atoms with Crippen LogP contribution in [0.15, 0.2) is 12.2 Å². The second-order valence-electron chi connectivity index (χ2n) is 6.10. The number of aliphatic hydroxyl groups is 1. The number of fused-ring (bicyclic) bond motifs is 1. The van der Waals surface area contributed by atoms with Crippen molar-refractivity contribution in [2.75, 3.05) is 6.61 Å². The average molecular weight is 236 g/mol. The lowest BCUT2D eigenvalue weighted by atomic mass is 9.59. The summed E-state index contributed by atoms with van der Waals surface area (Å²) in [6.45, 7) is 8.62. The van der Waals surface area contributed by atoms with Crippen molar-refractivity contribution in [1.82, 2.24) is 0 Å². The molecular formula is C15H24O2. The highest BCUT2D eigenvalue weighted by atomic mass is 16.3. The van der Waals surface area contributed by atoms with E-state index < -0.39 is 0 Å². The van der Waals surface area contributed by atoms with E-state index in [9.17, 15) is 9.90 Å². The van der Waals surface area contributed by atoms with Gasteiger partial charge in [-0.2, -0.15) is 0 Å². The number of aliphatic hydroxyl groups excluding tert-OH is 1. The van der Waals surface area contributed by atoms with Crippen molar-refractivity contribution in [2.24, 2.45) is 29.6 Å². The van der Waals surface area contributed by atoms with Gasteiger partial charge in [-0.3, -0.25) is 4.79 Å². The number of Topliss-reactive ketones (excluding diaryl/α,β-unsaturated/α-hetero) is 1. The standard InChI is InChI=1S/C15H24O2/c1-9-4-5-12(11(3)8-16)14-6-10(2)15(17)7-13(9)14/h10-14,16H,1,4-8H2,2-3H3/t10-,11-,12-,13-,14-/m0/s1. The van der Waals surface area contributed by atoms with Gasteiger partial charge >= 0.3 is 0 Å². The largest absolute Gasteiger partial charge is 0.396 e. The van der Waals surface area contributed by atoms with Crippen LogP contribution in [0.5, 0.6) is 0 Å². The smallest absolute Gasteiger partial charge is 0.136 e. The quantitative estimate of drug-likeness (QED) is 0.749. The number of carbonyl (C=O) groups is 1. The lowest BCUT2D eigenvalue weighted by molar-refractivity contribution is -0.128. The van der Waals surface area contributed by atoms with E-state index >= 15 is 0 Å². The maximum absolute atomic E-state index is 11.9. The van der Waals surface area contributed by atoms with Gasteiger partial charge in [-0.25, -0.2) is 0 Å². The van der Waals surface area contributed by atoms with Gasteiger partial charge in [0.05, 0.1) is 0 Å². The van der Waals surface area contributed by atoms with Crippen LogP contribution in [0.3, 0.4) is 0 Å². The van der Waals surface area contributed by atoms with Crippen LogP contribution in [0.1, 0.15) is 39.5 Å². The number of ketones is 1. The molecule has 2 aliphatic rings. The molecule has 0 aromatic heterocycles. The van der Waals surface area contributed by atoms with Gasteiger partial charge in [-0.1, -0.05) is 26.0 Å². The first-order valence-corrected chi connectivity index (χ1v) is 6.85. The fourth-order valence-electron chi connectivity index (χ4n) is 3.79. The van der Waals surface area contributed by atoms with Gasteiger partial charge in [-0.05, 0) is 42.9 Å². The average Bonchev–Trinajstić information content (AvgIpc) is 2.31. The van der Waals surface area contributed by atoms with E-state index in [1.54, 1.807) is 0 Å². The monoisotopic (exact) mass is 236 g/mol. The Hall–Kier alpha value is -0.630. The van der Waals surface area contributed by atoms with Crippen LogP contribution >= 0.6 is 0 Å². The van der Waals surface area contributed by atoms with Crippen molar-refractivity contribution < 1.29 is 9.90 Å². The van der Waals surface area contributed by atoms with Crippen LogP contribution in [0.25, 0.3) is 0 Å². The number of allylic oxidation sites excluding steroid dienone is 1. The Labute approximate surface area is 104 Å². The molecule has 2 nitrogen and oxygen atoms in total. The van der Waals surface area contributed by atoms with Crippen LogP contribution in [0.4, 0.5) is 0 Å². The Balaban J connectivity index is 2.18. The lowest BCUT2D eigenvalue weighted by Crippen LogP contribution is -2.41. The topological polar surface area (TPSA) is 37.3 Å². The molecule has 0 aliphatic heterocycles. The summed E-state index contributed by atoms with van der Waals surface area (Å²) >= 11 is 0. The van der Waals surface area contributed by atoms with E-state index in [0.717, 1.165) is 19.3 Å². The van der Waals surface area contributed by atoms with Crippen molar-refractivity contribution in [1.29, 1.82) is 0 Å². The van der Waals surface area contributed by atoms with Gasteiger partial charge < -0.3 is 5.11 Å². The number of carbonyl (C=O) groups excluding carboxylic acids is 1. The summed E-state index contributed by atoms with van der Waals surface area (Å²) in [6, 6.07) is 0. The Morgan fingerprint density at radius 2 is 2.24 bits per heavy atom. The van der Waals surface area contributed by atoms with Crippen molar-refractivity contribution in [3.8, 4) is 0 Å². The molecule has 2 heteroatoms. The van der Waals surface area contributed by atoms with E-state index in [4.69, 9.17) is 0 Å². The summed E-state index contributed by atoms with van der Waals surface area (Å²) in [7, 11) is 0. The third-order valence-corrected chi connectivity index (χ3v) is 5.01. The highest BCUT2D eigenvalue weighted by Gasteiger charge is 2.43. The Bertz CT molecular complexity index is 321. The summed E-state index contributed by atoms with van der Waals surface area (Å²) in [4.78, 5) is 11.9. The van der Waals surface area contributed by atoms with Gasteiger partial charge in [-0.15, -0.1) is 0 Å². The molecule has 2 saturated carbocycles. The molecule has 0 aromatic rings. The third kappa shape index (κ3) is 2.33. The van der Waals surface area contributed by atoms with E-state index in [1.807, 2.05) is 0 Å². The first kappa shape index (κ1) is 12.8. The molecule has 0 radical (unpaired) electrons. The second-order valence-corrected chi connectivity index (χ2v) is 6.10. The van der Waals surface area contributed by atoms with Gasteiger partial charge in [0.1, 0.15) is 5.78 Å². The molecule has 2 rings (SSSR count). The van der Waals surface area contributed by atoms with E-state index in [1.165, 1.54) is 5.57 Å². The molecular weight excluding hydrogens is 212 g/mol. The van der Waals surface area contributed by atoms with Crippen molar-refractivity contribution >= 4 is 5.78 Å². The van der Waals surface area contributed by atoms with Crippen LogP contribution in [-0.4, -0.2) is 17.5 Å². The minimum Gasteiger partial charge on any atom is -0.396 e. The third-order valence-electron chi connectivity index (χ3n) is 5.01. The molecule has 2 fully saturated rings. The molecule has 5 atom stereocenters. The predicted octanol–water partition coefficient (Wildman–Crippen LogP) is 2.81. The Morgan fingerprint density at radius 1 is 1.53 bits per heavy atom. The zero-order valence-electron chi connectivity index (χ0n) is 11.0. The van der Waals surface area contributed by atoms with Crippen LogP contribution in [-0.2, 0) is 4.79 Å². The van der Waals surface area contributed by atoms with Crippen molar-refractivity contribution in [2.45, 2.75) is 39.5 Å². The van der Waals surface area contributed by atoms with Crippen LogP contribution in [0, 0.1) is 29.6 Å². The van der Waals surface area contributed by atoms with E-state index in [0.29, 0.717) is 35.9 Å². The Morgan fingerprint density at radius 3 is 2.88 bits per heavy atom. The van der Waals surface area contributed by atoms with Crippen molar-refractivity contribution in [3.63, 3.8) is 0 Å². The van der Waals surface area contributed by atoms with E-state index in [-0.39, 0.29) is 12.5 Å². The summed E-state index contributed by atoms with van der Waals surface area (Å²) < 4.78 is 0. The summed E-state index contributed by atoms with van der Waals surface area (Å²) in [5.74, 6) is 2.51. The van der Waals surface area contributed by atoms with E-state index in [2.05, 4.69) is 20.4 Å². The minimum absolute atomic E-state index is 0.204. The zero-order valence-corrected chi connectivity index (χ0v) is 11.0. The zero-order chi connectivity index (χ0) is 12.6. The molecule has 96 valence electrons. The normalized spacial score (nSPS) is 39.9. The first-order valence-electron chi connectivity index (χ1n) is 6.85. The van der Waals surface area contributed by atoms with Gasteiger partial charge in [0.2, 0.25) is 0 Å². The molecule has 0 heterocycles. The van der Waals surface area contributed by atoms with Crippen molar-refractivity contribution in [3.05, 3.63) is 12.2 Å². The molecule has 0 amide bonds. The molecule has 0 bridgehead atoms. The summed E-state index contributed by atoms with van der Waals surface area (Å²) in [6.07, 6.45) is 3.87. The molecule has 0 unspecified atom stereocenters. The molecule has 17 heavy (non-hydrogen) atoms. The fraction of sp³-hybridized carbons (Fsp3) is 0.800. The minimum atomic E-state index is 0.204. The molecule has 0 spiro atoms.